The van der Waals surface area contributed by atoms with Crippen LogP contribution in [-0.2, 0) is 4.46 Å². The molecule has 1 fully saturated rings. The van der Waals surface area contributed by atoms with E-state index in [1.807, 2.05) is 12.2 Å². The van der Waals surface area contributed by atoms with Gasteiger partial charge in [-0.05, 0) is 0 Å². The second-order valence-electron chi connectivity index (χ2n) is 4.76. The fourth-order valence-electron chi connectivity index (χ4n) is 3.08. The van der Waals surface area contributed by atoms with Crippen molar-refractivity contribution in [1.29, 1.82) is 0 Å². The molecule has 0 N–H and O–H groups in total. The van der Waals surface area contributed by atoms with Crippen molar-refractivity contribution in [2.24, 2.45) is 11.8 Å². The Morgan fingerprint density at radius 2 is 1.35 bits per heavy atom. The van der Waals surface area contributed by atoms with E-state index in [4.69, 9.17) is 95.3 Å². The maximum atomic E-state index is 8.52. The Morgan fingerprint density at radius 3 is 1.78 bits per heavy atom. The summed E-state index contributed by atoms with van der Waals surface area (Å²) in [5, 5.41) is 0.113. The Morgan fingerprint density at radius 1 is 0.957 bits per heavy atom. The molecular weight excluding hydrogens is 490 g/mol. The van der Waals surface area contributed by atoms with Gasteiger partial charge in [-0.25, -0.2) is 0 Å². The molecule has 0 aliphatic heterocycles. The Bertz CT molecular complexity index is 571. The van der Waals surface area contributed by atoms with Gasteiger partial charge in [0, 0.05) is 21.0 Å². The second-order valence-corrected chi connectivity index (χ2v) is 9.04. The number of fused-ring (bicyclic) bond motifs is 5. The Kier molecular flexibility index (Phi) is 9.82. The minimum atomic E-state index is -3.63. The van der Waals surface area contributed by atoms with Crippen molar-refractivity contribution >= 4 is 90.4 Å². The predicted molar refractivity (Wildman–Crippen MR) is 82.5 cm³/mol. The van der Waals surface area contributed by atoms with Gasteiger partial charge in [-0.15, -0.1) is 34.8 Å². The molecular formula is C10H5Cl7Na2O3Si. The normalized spacial score (nSPS) is 41.4. The van der Waals surface area contributed by atoms with Crippen molar-refractivity contribution in [2.75, 3.05) is 0 Å². The average Bonchev–Trinajstić information content (AvgIpc) is 2.83. The SMILES string of the molecule is ClC1=C(Cl)C2(Cl)C3C(Cl)C=CC3C1(Cl)C2(Cl)Cl.O=[Si]([O-])[O-].[Na+].[Na+]. The van der Waals surface area contributed by atoms with Crippen molar-refractivity contribution in [2.45, 2.75) is 19.5 Å². The third kappa shape index (κ3) is 3.48. The van der Waals surface area contributed by atoms with Crippen molar-refractivity contribution in [3.63, 3.8) is 0 Å². The number of hydrogen-bond acceptors (Lipinski definition) is 3. The number of rotatable bonds is 0. The monoisotopic (exact) mass is 492 g/mol. The molecule has 118 valence electrons. The Balaban J connectivity index is 0.000000731. The largest absolute Gasteiger partial charge is 1.00 e. The predicted octanol–water partition coefficient (Wildman–Crippen LogP) is -3.63. The first-order chi connectivity index (χ1) is 9.44. The van der Waals surface area contributed by atoms with Crippen LogP contribution in [0.4, 0.5) is 0 Å². The van der Waals surface area contributed by atoms with E-state index in [-0.39, 0.29) is 86.4 Å². The molecule has 0 spiro atoms. The summed E-state index contributed by atoms with van der Waals surface area (Å²) in [6.45, 7) is 0. The zero-order valence-corrected chi connectivity index (χ0v) is 22.0. The molecule has 5 unspecified atom stereocenters. The van der Waals surface area contributed by atoms with Gasteiger partial charge in [0.1, 0.15) is 9.75 Å². The molecule has 13 heteroatoms. The summed E-state index contributed by atoms with van der Waals surface area (Å²) < 4.78 is 7.04. The van der Waals surface area contributed by atoms with Crippen LogP contribution >= 0.6 is 81.2 Å². The molecule has 3 rings (SSSR count). The van der Waals surface area contributed by atoms with E-state index in [9.17, 15) is 0 Å². The molecule has 3 nitrogen and oxygen atoms in total. The van der Waals surface area contributed by atoms with E-state index in [0.29, 0.717) is 0 Å². The van der Waals surface area contributed by atoms with Crippen LogP contribution in [0.15, 0.2) is 22.2 Å². The van der Waals surface area contributed by atoms with Crippen LogP contribution in [0, 0.1) is 11.8 Å². The first-order valence-electron chi connectivity index (χ1n) is 5.46. The smallest absolute Gasteiger partial charge is 0.672 e. The minimum absolute atomic E-state index is 0. The van der Waals surface area contributed by atoms with Gasteiger partial charge in [-0.2, -0.15) is 0 Å². The fraction of sp³-hybridized carbons (Fsp3) is 0.600. The zero-order chi connectivity index (χ0) is 16.4. The van der Waals surface area contributed by atoms with Crippen LogP contribution in [0.3, 0.4) is 0 Å². The standard InChI is InChI=1S/C10H5Cl7.2Na.O3Si/c11-4-2-1-3-5(4)9(15)7(13)6(12)8(3,14)10(9,16)17;;;1-4(2)3/h1-5H;;;/q;2*+1;-2. The quantitative estimate of drug-likeness (QED) is 0.198. The molecule has 3 aliphatic carbocycles. The van der Waals surface area contributed by atoms with E-state index >= 15 is 0 Å². The zero-order valence-electron chi connectivity index (χ0n) is 11.8. The maximum absolute atomic E-state index is 8.52. The molecule has 0 aromatic heterocycles. The van der Waals surface area contributed by atoms with Gasteiger partial charge in [0.25, 0.3) is 0 Å². The molecule has 0 aromatic rings. The van der Waals surface area contributed by atoms with E-state index in [2.05, 4.69) is 0 Å². The third-order valence-corrected chi connectivity index (χ3v) is 8.61. The van der Waals surface area contributed by atoms with E-state index in [1.165, 1.54) is 0 Å². The molecule has 0 radical (unpaired) electrons. The van der Waals surface area contributed by atoms with E-state index in [0.717, 1.165) is 0 Å². The van der Waals surface area contributed by atoms with E-state index in [1.54, 1.807) is 0 Å². The first-order valence-corrected chi connectivity index (χ1v) is 9.39. The van der Waals surface area contributed by atoms with Gasteiger partial charge in [0.2, 0.25) is 0 Å². The molecule has 23 heavy (non-hydrogen) atoms. The van der Waals surface area contributed by atoms with Crippen LogP contribution in [-0.4, -0.2) is 28.6 Å². The van der Waals surface area contributed by atoms with Gasteiger partial charge < -0.3 is 14.1 Å². The molecule has 1 saturated carbocycles. The van der Waals surface area contributed by atoms with E-state index < -0.39 is 23.3 Å². The first kappa shape index (κ1) is 26.1. The van der Waals surface area contributed by atoms with Gasteiger partial charge in [0.15, 0.2) is 4.33 Å². The van der Waals surface area contributed by atoms with Gasteiger partial charge in [-0.3, -0.25) is 0 Å². The van der Waals surface area contributed by atoms with Crippen LogP contribution < -0.4 is 68.7 Å². The number of alkyl halides is 5. The summed E-state index contributed by atoms with van der Waals surface area (Å²) in [5.74, 6) is -0.470. The van der Waals surface area contributed by atoms with Crippen LogP contribution in [0.5, 0.6) is 0 Å². The van der Waals surface area contributed by atoms with Gasteiger partial charge in [-0.1, -0.05) is 58.6 Å². The molecule has 0 heterocycles. The summed E-state index contributed by atoms with van der Waals surface area (Å²) in [5.41, 5.74) is 0. The minimum Gasteiger partial charge on any atom is -0.672 e. The number of halogens is 7. The Hall–Kier alpha value is 3.13. The summed E-state index contributed by atoms with van der Waals surface area (Å²) in [6.07, 6.45) is 3.69. The maximum Gasteiger partial charge on any atom is 1.00 e. The molecule has 5 atom stereocenters. The average molecular weight is 495 g/mol. The topological polar surface area (TPSA) is 63.2 Å². The number of hydrogen-bond donors (Lipinski definition) is 0. The van der Waals surface area contributed by atoms with Gasteiger partial charge >= 0.3 is 59.1 Å². The number of allylic oxidation sites excluding steroid dienone is 4. The van der Waals surface area contributed by atoms with Crippen molar-refractivity contribution in [3.8, 4) is 0 Å². The van der Waals surface area contributed by atoms with Crippen LogP contribution in [0.2, 0.25) is 0 Å². The molecule has 3 aliphatic rings. The molecule has 0 amide bonds. The Labute approximate surface area is 214 Å². The summed E-state index contributed by atoms with van der Waals surface area (Å²) in [4.78, 5) is 14.6. The third-order valence-electron chi connectivity index (χ3n) is 3.90. The fourth-order valence-corrected chi connectivity index (χ4v) is 6.60. The summed E-state index contributed by atoms with van der Waals surface area (Å²) >= 11 is 44.5. The summed E-state index contributed by atoms with van der Waals surface area (Å²) in [7, 11) is -3.63. The molecule has 0 saturated heterocycles. The van der Waals surface area contributed by atoms with Crippen molar-refractivity contribution < 1.29 is 73.2 Å². The molecule has 0 aromatic carbocycles. The second kappa shape index (κ2) is 8.65. The van der Waals surface area contributed by atoms with Crippen molar-refractivity contribution in [1.82, 2.24) is 0 Å². The van der Waals surface area contributed by atoms with Crippen molar-refractivity contribution in [3.05, 3.63) is 22.2 Å². The summed E-state index contributed by atoms with van der Waals surface area (Å²) in [6, 6.07) is 0. The molecule has 2 bridgehead atoms. The van der Waals surface area contributed by atoms with Crippen LogP contribution in [0.1, 0.15) is 0 Å². The van der Waals surface area contributed by atoms with Gasteiger partial charge in [0.05, 0.1) is 15.4 Å². The van der Waals surface area contributed by atoms with Crippen LogP contribution in [0.25, 0.3) is 0 Å².